The van der Waals surface area contributed by atoms with Gasteiger partial charge in [0.15, 0.2) is 5.78 Å². The fraction of sp³-hybridized carbons (Fsp3) is 0.120. The summed E-state index contributed by atoms with van der Waals surface area (Å²) in [7, 11) is 0. The van der Waals surface area contributed by atoms with E-state index in [9.17, 15) is 14.4 Å². The molecule has 7 nitrogen and oxygen atoms in total. The van der Waals surface area contributed by atoms with Crippen LogP contribution in [0.5, 0.6) is 0 Å². The van der Waals surface area contributed by atoms with Crippen LogP contribution < -0.4 is 5.63 Å². The van der Waals surface area contributed by atoms with Gasteiger partial charge in [0.05, 0.1) is 17.9 Å². The van der Waals surface area contributed by atoms with Gasteiger partial charge in [-0.3, -0.25) is 4.79 Å². The number of rotatable bonds is 6. The summed E-state index contributed by atoms with van der Waals surface area (Å²) in [5.74, 6) is -1.18. The minimum Gasteiger partial charge on any atom is -0.462 e. The Labute approximate surface area is 183 Å². The summed E-state index contributed by atoms with van der Waals surface area (Å²) in [5, 5.41) is 5.31. The fourth-order valence-corrected chi connectivity index (χ4v) is 3.31. The Morgan fingerprint density at radius 1 is 1.09 bits per heavy atom. The number of hydrogen-bond acceptors (Lipinski definition) is 6. The molecule has 0 unspecified atom stereocenters. The summed E-state index contributed by atoms with van der Waals surface area (Å²) in [6, 6.07) is 18.1. The van der Waals surface area contributed by atoms with E-state index in [1.165, 1.54) is 13.0 Å². The van der Waals surface area contributed by atoms with Crippen LogP contribution in [-0.2, 0) is 14.3 Å². The maximum Gasteiger partial charge on any atom is 0.345 e. The zero-order valence-electron chi connectivity index (χ0n) is 17.6. The van der Waals surface area contributed by atoms with Crippen molar-refractivity contribution in [3.8, 4) is 16.9 Å². The molecule has 0 fully saturated rings. The predicted molar refractivity (Wildman–Crippen MR) is 120 cm³/mol. The van der Waals surface area contributed by atoms with Crippen molar-refractivity contribution in [2.24, 2.45) is 0 Å². The lowest BCUT2D eigenvalue weighted by Crippen LogP contribution is -2.13. The third-order valence-corrected chi connectivity index (χ3v) is 4.83. The predicted octanol–water partition coefficient (Wildman–Crippen LogP) is 4.18. The first-order chi connectivity index (χ1) is 15.5. The van der Waals surface area contributed by atoms with Crippen LogP contribution in [0.15, 0.2) is 81.6 Å². The molecule has 160 valence electrons. The first-order valence-corrected chi connectivity index (χ1v) is 10.1. The van der Waals surface area contributed by atoms with Crippen molar-refractivity contribution < 1.29 is 18.7 Å². The van der Waals surface area contributed by atoms with Crippen molar-refractivity contribution in [2.75, 3.05) is 6.61 Å². The SMILES string of the molecule is CCOC(=O)/C(=C/c1cn(-c2ccccc2)nc1-c1cc2ccccc2oc1=O)C(C)=O. The molecule has 0 atom stereocenters. The van der Waals surface area contributed by atoms with Crippen LogP contribution in [-0.4, -0.2) is 28.1 Å². The molecular weight excluding hydrogens is 408 g/mol. The highest BCUT2D eigenvalue weighted by Gasteiger charge is 2.21. The highest BCUT2D eigenvalue weighted by atomic mass is 16.5. The fourth-order valence-electron chi connectivity index (χ4n) is 3.31. The standard InChI is InChI=1S/C25H20N2O5/c1-3-31-24(29)20(16(2)28)14-18-15-27(19-10-5-4-6-11-19)26-23(18)21-13-17-9-7-8-12-22(17)32-25(21)30/h4-15H,3H2,1-2H3/b20-14+. The molecule has 4 rings (SSSR count). The smallest absolute Gasteiger partial charge is 0.345 e. The van der Waals surface area contributed by atoms with Crippen molar-refractivity contribution in [3.05, 3.63) is 88.4 Å². The first kappa shape index (κ1) is 21.0. The molecule has 0 amide bonds. The first-order valence-electron chi connectivity index (χ1n) is 10.1. The normalized spacial score (nSPS) is 11.5. The molecule has 0 bridgehead atoms. The van der Waals surface area contributed by atoms with Gasteiger partial charge in [-0.25, -0.2) is 14.3 Å². The Hall–Kier alpha value is -4.26. The Bertz CT molecular complexity index is 1400. The summed E-state index contributed by atoms with van der Waals surface area (Å²) < 4.78 is 12.1. The van der Waals surface area contributed by atoms with Crippen LogP contribution in [0.4, 0.5) is 0 Å². The largest absolute Gasteiger partial charge is 0.462 e. The van der Waals surface area contributed by atoms with Gasteiger partial charge in [0, 0.05) is 17.1 Å². The van der Waals surface area contributed by atoms with Crippen LogP contribution in [0.1, 0.15) is 19.4 Å². The molecule has 0 aliphatic heterocycles. The number of benzene rings is 2. The monoisotopic (exact) mass is 428 g/mol. The molecule has 0 radical (unpaired) electrons. The van der Waals surface area contributed by atoms with E-state index >= 15 is 0 Å². The molecule has 7 heteroatoms. The molecule has 0 N–H and O–H groups in total. The minimum absolute atomic E-state index is 0.133. The molecule has 32 heavy (non-hydrogen) atoms. The van der Waals surface area contributed by atoms with E-state index in [1.54, 1.807) is 36.0 Å². The molecule has 2 aromatic carbocycles. The number of hydrogen-bond donors (Lipinski definition) is 0. The van der Waals surface area contributed by atoms with Crippen LogP contribution in [0, 0.1) is 0 Å². The van der Waals surface area contributed by atoms with Crippen molar-refractivity contribution in [2.45, 2.75) is 13.8 Å². The van der Waals surface area contributed by atoms with Gasteiger partial charge in [-0.15, -0.1) is 0 Å². The Kier molecular flexibility index (Phi) is 5.81. The second-order valence-corrected chi connectivity index (χ2v) is 7.03. The van der Waals surface area contributed by atoms with E-state index in [0.717, 1.165) is 11.1 Å². The lowest BCUT2D eigenvalue weighted by Gasteiger charge is -2.04. The highest BCUT2D eigenvalue weighted by Crippen LogP contribution is 2.26. The molecule has 0 saturated carbocycles. The van der Waals surface area contributed by atoms with Gasteiger partial charge in [0.1, 0.15) is 16.9 Å². The van der Waals surface area contributed by atoms with Crippen LogP contribution in [0.3, 0.4) is 0 Å². The third kappa shape index (κ3) is 4.13. The Morgan fingerprint density at radius 2 is 1.81 bits per heavy atom. The molecule has 0 spiro atoms. The molecule has 0 aliphatic rings. The Morgan fingerprint density at radius 3 is 2.53 bits per heavy atom. The van der Waals surface area contributed by atoms with Gasteiger partial charge in [-0.2, -0.15) is 5.10 Å². The number of ether oxygens (including phenoxy) is 1. The van der Waals surface area contributed by atoms with E-state index in [4.69, 9.17) is 9.15 Å². The van der Waals surface area contributed by atoms with Crippen LogP contribution in [0.2, 0.25) is 0 Å². The number of nitrogens with zero attached hydrogens (tertiary/aromatic N) is 2. The number of ketones is 1. The number of carbonyl (C=O) groups excluding carboxylic acids is 2. The summed E-state index contributed by atoms with van der Waals surface area (Å²) in [6.07, 6.45) is 3.05. The van der Waals surface area contributed by atoms with E-state index in [2.05, 4.69) is 5.10 Å². The molecular formula is C25H20N2O5. The second kappa shape index (κ2) is 8.85. The number of Topliss-reactive ketones (excluding diaryl/α,β-unsaturated/α-hetero) is 1. The zero-order chi connectivity index (χ0) is 22.7. The van der Waals surface area contributed by atoms with Crippen LogP contribution in [0.25, 0.3) is 34.0 Å². The van der Waals surface area contributed by atoms with Gasteiger partial charge >= 0.3 is 11.6 Å². The summed E-state index contributed by atoms with van der Waals surface area (Å²) in [6.45, 7) is 3.08. The number of esters is 1. The van der Waals surface area contributed by atoms with E-state index in [-0.39, 0.29) is 23.4 Å². The molecule has 0 aliphatic carbocycles. The minimum atomic E-state index is -0.732. The molecule has 2 heterocycles. The Balaban J connectivity index is 1.95. The third-order valence-electron chi connectivity index (χ3n) is 4.83. The quantitative estimate of drug-likeness (QED) is 0.150. The molecule has 0 saturated heterocycles. The van der Waals surface area contributed by atoms with Crippen molar-refractivity contribution in [1.82, 2.24) is 9.78 Å². The van der Waals surface area contributed by atoms with Gasteiger partial charge in [0.25, 0.3) is 0 Å². The van der Waals surface area contributed by atoms with Crippen molar-refractivity contribution in [3.63, 3.8) is 0 Å². The summed E-state index contributed by atoms with van der Waals surface area (Å²) in [4.78, 5) is 37.3. The number of fused-ring (bicyclic) bond motifs is 1. The summed E-state index contributed by atoms with van der Waals surface area (Å²) in [5.41, 5.74) is 1.42. The van der Waals surface area contributed by atoms with Crippen LogP contribution >= 0.6 is 0 Å². The lowest BCUT2D eigenvalue weighted by molar-refractivity contribution is -0.139. The van der Waals surface area contributed by atoms with Gasteiger partial charge in [-0.1, -0.05) is 36.4 Å². The van der Waals surface area contributed by atoms with E-state index in [1.807, 2.05) is 42.5 Å². The zero-order valence-corrected chi connectivity index (χ0v) is 17.6. The van der Waals surface area contributed by atoms with Crippen molar-refractivity contribution in [1.29, 1.82) is 0 Å². The average molecular weight is 428 g/mol. The molecule has 4 aromatic rings. The number of carbonyl (C=O) groups is 2. The maximum atomic E-state index is 12.8. The van der Waals surface area contributed by atoms with Gasteiger partial charge < -0.3 is 9.15 Å². The molecule has 2 aromatic heterocycles. The number of para-hydroxylation sites is 2. The van der Waals surface area contributed by atoms with E-state index < -0.39 is 17.4 Å². The number of aromatic nitrogens is 2. The topological polar surface area (TPSA) is 91.4 Å². The van der Waals surface area contributed by atoms with E-state index in [0.29, 0.717) is 11.1 Å². The summed E-state index contributed by atoms with van der Waals surface area (Å²) >= 11 is 0. The van der Waals surface area contributed by atoms with Gasteiger partial charge in [0.2, 0.25) is 0 Å². The highest BCUT2D eigenvalue weighted by molar-refractivity contribution is 6.20. The van der Waals surface area contributed by atoms with Gasteiger partial charge in [-0.05, 0) is 44.2 Å². The average Bonchev–Trinajstić information content (AvgIpc) is 3.21. The van der Waals surface area contributed by atoms with Crippen molar-refractivity contribution >= 4 is 28.8 Å². The maximum absolute atomic E-state index is 12.8. The second-order valence-electron chi connectivity index (χ2n) is 7.03. The lowest BCUT2D eigenvalue weighted by atomic mass is 10.0.